The monoisotopic (exact) mass is 386 g/mol. The molecule has 7 heteroatoms. The highest BCUT2D eigenvalue weighted by molar-refractivity contribution is 6.18. The Morgan fingerprint density at radius 3 is 2.76 bits per heavy atom. The van der Waals surface area contributed by atoms with Gasteiger partial charge in [-0.1, -0.05) is 30.3 Å². The minimum absolute atomic E-state index is 0.0909. The Morgan fingerprint density at radius 2 is 2.03 bits per heavy atom. The van der Waals surface area contributed by atoms with Crippen LogP contribution in [0.5, 0.6) is 0 Å². The Kier molecular flexibility index (Phi) is 4.61. The van der Waals surface area contributed by atoms with Gasteiger partial charge in [-0.05, 0) is 17.7 Å². The molecule has 0 N–H and O–H groups in total. The minimum Gasteiger partial charge on any atom is -0.337 e. The van der Waals surface area contributed by atoms with Crippen molar-refractivity contribution in [1.82, 2.24) is 9.88 Å². The lowest BCUT2D eigenvalue weighted by atomic mass is 9.93. The van der Waals surface area contributed by atoms with Crippen molar-refractivity contribution < 1.29 is 14.0 Å². The molecule has 29 heavy (non-hydrogen) atoms. The summed E-state index contributed by atoms with van der Waals surface area (Å²) in [5.74, 6) is -2.78. The lowest BCUT2D eigenvalue weighted by Crippen LogP contribution is -2.26. The standard InChI is InChI=1S/C22H15FN4O2/c1-27(12-13-5-3-2-4-6-13)22(29)15-7-14-8-17(23)18-20(19(14)25-10-15)26-11-16(9-24)21(18)28/h2-8,10-11,16H,12H2,1H3. The molecule has 2 heterocycles. The van der Waals surface area contributed by atoms with Gasteiger partial charge in [0, 0.05) is 31.4 Å². The predicted octanol–water partition coefficient (Wildman–Crippen LogP) is 3.68. The molecule has 0 saturated carbocycles. The Morgan fingerprint density at radius 1 is 1.28 bits per heavy atom. The predicted molar refractivity (Wildman–Crippen MR) is 106 cm³/mol. The summed E-state index contributed by atoms with van der Waals surface area (Å²) in [6.07, 6.45) is 2.58. The maximum absolute atomic E-state index is 14.6. The molecule has 2 aromatic carbocycles. The number of aliphatic imine (C=N–C) groups is 1. The molecule has 0 spiro atoms. The molecule has 3 aromatic rings. The van der Waals surface area contributed by atoms with Gasteiger partial charge in [-0.3, -0.25) is 19.6 Å². The quantitative estimate of drug-likeness (QED) is 0.687. The molecule has 1 aliphatic rings. The number of benzene rings is 2. The summed E-state index contributed by atoms with van der Waals surface area (Å²) in [6.45, 7) is 0.421. The highest BCUT2D eigenvalue weighted by Gasteiger charge is 2.30. The number of ketones is 1. The Labute approximate surface area is 165 Å². The first-order chi connectivity index (χ1) is 14.0. The number of amides is 1. The van der Waals surface area contributed by atoms with Crippen molar-refractivity contribution in [3.8, 4) is 6.07 Å². The van der Waals surface area contributed by atoms with Gasteiger partial charge in [0.25, 0.3) is 5.91 Å². The van der Waals surface area contributed by atoms with E-state index < -0.39 is 17.5 Å². The number of pyridine rings is 1. The zero-order valence-corrected chi connectivity index (χ0v) is 15.5. The normalized spacial score (nSPS) is 15.1. The van der Waals surface area contributed by atoms with Crippen molar-refractivity contribution in [2.45, 2.75) is 6.54 Å². The van der Waals surface area contributed by atoms with Crippen LogP contribution in [-0.4, -0.2) is 34.8 Å². The third-order valence-electron chi connectivity index (χ3n) is 4.78. The van der Waals surface area contributed by atoms with E-state index in [1.807, 2.05) is 30.3 Å². The van der Waals surface area contributed by atoms with Crippen LogP contribution in [-0.2, 0) is 6.54 Å². The Balaban J connectivity index is 1.70. The van der Waals surface area contributed by atoms with E-state index >= 15 is 0 Å². The van der Waals surface area contributed by atoms with Crippen LogP contribution < -0.4 is 0 Å². The summed E-state index contributed by atoms with van der Waals surface area (Å²) < 4.78 is 14.6. The molecule has 0 fully saturated rings. The number of fused-ring (bicyclic) bond motifs is 3. The summed E-state index contributed by atoms with van der Waals surface area (Å²) in [6, 6.07) is 14.0. The van der Waals surface area contributed by atoms with Crippen LogP contribution in [0.3, 0.4) is 0 Å². The van der Waals surface area contributed by atoms with Crippen LogP contribution >= 0.6 is 0 Å². The first kappa shape index (κ1) is 18.4. The van der Waals surface area contributed by atoms with Crippen LogP contribution in [0.2, 0.25) is 0 Å². The van der Waals surface area contributed by atoms with Crippen molar-refractivity contribution in [2.24, 2.45) is 10.9 Å². The van der Waals surface area contributed by atoms with E-state index in [1.165, 1.54) is 18.5 Å². The number of halogens is 1. The molecule has 1 amide bonds. The molecule has 4 rings (SSSR count). The third kappa shape index (κ3) is 3.25. The van der Waals surface area contributed by atoms with Crippen LogP contribution in [0, 0.1) is 23.1 Å². The number of carbonyl (C=O) groups is 2. The molecule has 0 radical (unpaired) electrons. The van der Waals surface area contributed by atoms with Gasteiger partial charge < -0.3 is 4.90 Å². The SMILES string of the molecule is CN(Cc1ccccc1)C(=O)c1cnc2c3c(c(F)cc2c1)C(=O)C(C#N)C=N3. The van der Waals surface area contributed by atoms with Crippen molar-refractivity contribution in [3.05, 3.63) is 71.2 Å². The summed E-state index contributed by atoms with van der Waals surface area (Å²) in [4.78, 5) is 35.0. The van der Waals surface area contributed by atoms with E-state index in [9.17, 15) is 14.0 Å². The number of aromatic nitrogens is 1. The maximum atomic E-state index is 14.6. The fourth-order valence-electron chi connectivity index (χ4n) is 3.32. The van der Waals surface area contributed by atoms with Gasteiger partial charge >= 0.3 is 0 Å². The van der Waals surface area contributed by atoms with Gasteiger partial charge in [0.2, 0.25) is 0 Å². The number of hydrogen-bond donors (Lipinski definition) is 0. The highest BCUT2D eigenvalue weighted by Crippen LogP contribution is 2.35. The van der Waals surface area contributed by atoms with Gasteiger partial charge in [0.1, 0.15) is 17.4 Å². The van der Waals surface area contributed by atoms with Gasteiger partial charge in [-0.25, -0.2) is 4.39 Å². The second-order valence-electron chi connectivity index (χ2n) is 6.77. The summed E-state index contributed by atoms with van der Waals surface area (Å²) in [5.41, 5.74) is 1.45. The molecule has 0 bridgehead atoms. The van der Waals surface area contributed by atoms with Crippen molar-refractivity contribution in [3.63, 3.8) is 0 Å². The van der Waals surface area contributed by atoms with Gasteiger partial charge in [0.15, 0.2) is 5.78 Å². The number of Topliss-reactive ketones (excluding diaryl/α,β-unsaturated/α-hetero) is 1. The lowest BCUT2D eigenvalue weighted by Gasteiger charge is -2.18. The molecule has 1 atom stereocenters. The number of hydrogen-bond acceptors (Lipinski definition) is 5. The Bertz CT molecular complexity index is 1210. The number of nitriles is 1. The first-order valence-corrected chi connectivity index (χ1v) is 8.89. The van der Waals surface area contributed by atoms with Crippen molar-refractivity contribution >= 4 is 34.5 Å². The van der Waals surface area contributed by atoms with Gasteiger partial charge in [-0.2, -0.15) is 5.26 Å². The van der Waals surface area contributed by atoms with Crippen molar-refractivity contribution in [1.29, 1.82) is 5.26 Å². The van der Waals surface area contributed by atoms with E-state index in [0.29, 0.717) is 23.0 Å². The molecule has 0 saturated heterocycles. The Hall–Kier alpha value is -3.92. The molecule has 1 aliphatic heterocycles. The number of carbonyl (C=O) groups excluding carboxylic acids is 2. The minimum atomic E-state index is -1.11. The van der Waals surface area contributed by atoms with E-state index in [-0.39, 0.29) is 17.2 Å². The topological polar surface area (TPSA) is 86.4 Å². The lowest BCUT2D eigenvalue weighted by molar-refractivity contribution is 0.0784. The molecule has 1 unspecified atom stereocenters. The van der Waals surface area contributed by atoms with Crippen LogP contribution in [0.15, 0.2) is 53.7 Å². The molecule has 142 valence electrons. The maximum Gasteiger partial charge on any atom is 0.255 e. The fraction of sp³-hybridized carbons (Fsp3) is 0.136. The second-order valence-corrected chi connectivity index (χ2v) is 6.77. The van der Waals surface area contributed by atoms with E-state index in [4.69, 9.17) is 5.26 Å². The fourth-order valence-corrected chi connectivity index (χ4v) is 3.32. The average Bonchev–Trinajstić information content (AvgIpc) is 2.73. The van der Waals surface area contributed by atoms with Gasteiger partial charge in [0.05, 0.1) is 22.7 Å². The highest BCUT2D eigenvalue weighted by atomic mass is 19.1. The molecular weight excluding hydrogens is 371 g/mol. The smallest absolute Gasteiger partial charge is 0.255 e. The van der Waals surface area contributed by atoms with Crippen LogP contribution in [0.25, 0.3) is 10.9 Å². The van der Waals surface area contributed by atoms with E-state index in [2.05, 4.69) is 9.98 Å². The summed E-state index contributed by atoms with van der Waals surface area (Å²) >= 11 is 0. The third-order valence-corrected chi connectivity index (χ3v) is 4.78. The van der Waals surface area contributed by atoms with E-state index in [1.54, 1.807) is 18.0 Å². The second kappa shape index (κ2) is 7.24. The first-order valence-electron chi connectivity index (χ1n) is 8.89. The van der Waals surface area contributed by atoms with Crippen LogP contribution in [0.1, 0.15) is 26.3 Å². The summed E-state index contributed by atoms with van der Waals surface area (Å²) in [5, 5.41) is 9.37. The largest absolute Gasteiger partial charge is 0.337 e. The number of rotatable bonds is 3. The van der Waals surface area contributed by atoms with Crippen LogP contribution in [0.4, 0.5) is 10.1 Å². The van der Waals surface area contributed by atoms with Crippen molar-refractivity contribution in [2.75, 3.05) is 7.05 Å². The van der Waals surface area contributed by atoms with E-state index in [0.717, 1.165) is 11.6 Å². The molecule has 6 nitrogen and oxygen atoms in total. The molecular formula is C22H15FN4O2. The molecule has 0 aliphatic carbocycles. The summed E-state index contributed by atoms with van der Waals surface area (Å²) in [7, 11) is 1.68. The zero-order valence-electron chi connectivity index (χ0n) is 15.5. The van der Waals surface area contributed by atoms with Gasteiger partial charge in [-0.15, -0.1) is 0 Å². The zero-order chi connectivity index (χ0) is 20.5. The average molecular weight is 386 g/mol. The molecule has 1 aromatic heterocycles. The number of nitrogens with zero attached hydrogens (tertiary/aromatic N) is 4.